The monoisotopic (exact) mass is 369 g/mol. The van der Waals surface area contributed by atoms with Crippen LogP contribution in [0, 0.1) is 0 Å². The molecule has 1 atom stereocenters. The first kappa shape index (κ1) is 18.2. The number of anilines is 3. The molecule has 11 heteroatoms. The second kappa shape index (κ2) is 8.21. The van der Waals surface area contributed by atoms with E-state index in [1.807, 2.05) is 12.1 Å². The zero-order valence-corrected chi connectivity index (χ0v) is 14.3. The highest BCUT2D eigenvalue weighted by Gasteiger charge is 2.14. The fraction of sp³-hybridized carbons (Fsp3) is 0.188. The smallest absolute Gasteiger partial charge is 0.254 e. The molecule has 0 aliphatic heterocycles. The third-order valence-electron chi connectivity index (χ3n) is 3.65. The summed E-state index contributed by atoms with van der Waals surface area (Å²) in [6.45, 7) is 0.0121. The predicted molar refractivity (Wildman–Crippen MR) is 98.7 cm³/mol. The lowest BCUT2D eigenvalue weighted by Gasteiger charge is -2.16. The van der Waals surface area contributed by atoms with Crippen LogP contribution >= 0.6 is 0 Å². The van der Waals surface area contributed by atoms with E-state index in [4.69, 9.17) is 11.5 Å². The van der Waals surface area contributed by atoms with Gasteiger partial charge in [0.1, 0.15) is 11.4 Å². The Bertz CT molecular complexity index is 910. The summed E-state index contributed by atoms with van der Waals surface area (Å²) in [4.78, 5) is 21.5. The van der Waals surface area contributed by atoms with Crippen LogP contribution in [0.5, 0.6) is 0 Å². The Morgan fingerprint density at radius 1 is 1.30 bits per heavy atom. The van der Waals surface area contributed by atoms with Gasteiger partial charge < -0.3 is 27.2 Å². The quantitative estimate of drug-likeness (QED) is 0.355. The van der Waals surface area contributed by atoms with Gasteiger partial charge in [-0.15, -0.1) is 0 Å². The third-order valence-corrected chi connectivity index (χ3v) is 3.65. The summed E-state index contributed by atoms with van der Waals surface area (Å²) in [5, 5.41) is 23.4. The summed E-state index contributed by atoms with van der Waals surface area (Å²) in [6.07, 6.45) is 4.45. The number of carbonyl (C=O) groups excluding carboxylic acids is 1. The Hall–Kier alpha value is -3.57. The summed E-state index contributed by atoms with van der Waals surface area (Å²) >= 11 is 0. The minimum Gasteiger partial charge on any atom is -0.394 e. The standard InChI is InChI=1S/C16H19N9O2/c17-7-11(9-26)23-16-19-8-13(14(18)27)15(24-16)22-10-2-1-3-12(6-10)25-20-4-5-21-25/h1-6,8,11,26H,7,9,17H2,(H2,18,27)(H2,19,22,23,24). The van der Waals surface area contributed by atoms with Crippen LogP contribution < -0.4 is 22.1 Å². The van der Waals surface area contributed by atoms with E-state index in [0.717, 1.165) is 5.69 Å². The van der Waals surface area contributed by atoms with E-state index in [2.05, 4.69) is 30.8 Å². The number of benzene rings is 1. The predicted octanol–water partition coefficient (Wildman–Crippen LogP) is -0.369. The van der Waals surface area contributed by atoms with Crippen molar-refractivity contribution in [3.05, 3.63) is 48.4 Å². The lowest BCUT2D eigenvalue weighted by molar-refractivity contribution is 0.100. The minimum atomic E-state index is -0.675. The maximum Gasteiger partial charge on any atom is 0.254 e. The number of amides is 1. The summed E-state index contributed by atoms with van der Waals surface area (Å²) in [7, 11) is 0. The molecule has 3 aromatic rings. The normalized spacial score (nSPS) is 11.8. The average Bonchev–Trinajstić information content (AvgIpc) is 3.21. The van der Waals surface area contributed by atoms with Crippen molar-refractivity contribution in [2.75, 3.05) is 23.8 Å². The number of aliphatic hydroxyl groups is 1. The number of hydrogen-bond acceptors (Lipinski definition) is 9. The fourth-order valence-electron chi connectivity index (χ4n) is 2.28. The van der Waals surface area contributed by atoms with Crippen LogP contribution in [0.3, 0.4) is 0 Å². The van der Waals surface area contributed by atoms with Crippen LogP contribution in [0.2, 0.25) is 0 Å². The van der Waals surface area contributed by atoms with Gasteiger partial charge in [0.25, 0.3) is 5.91 Å². The van der Waals surface area contributed by atoms with E-state index in [9.17, 15) is 9.90 Å². The molecule has 0 fully saturated rings. The number of carbonyl (C=O) groups is 1. The Morgan fingerprint density at radius 3 is 2.74 bits per heavy atom. The molecule has 0 saturated heterocycles. The van der Waals surface area contributed by atoms with Gasteiger partial charge in [-0.05, 0) is 18.2 Å². The minimum absolute atomic E-state index is 0.122. The fourth-order valence-corrected chi connectivity index (χ4v) is 2.28. The van der Waals surface area contributed by atoms with Crippen molar-refractivity contribution in [1.29, 1.82) is 0 Å². The van der Waals surface area contributed by atoms with E-state index in [1.165, 1.54) is 11.0 Å². The van der Waals surface area contributed by atoms with E-state index < -0.39 is 11.9 Å². The van der Waals surface area contributed by atoms with Crippen LogP contribution in [0.25, 0.3) is 5.69 Å². The molecular weight excluding hydrogens is 350 g/mol. The van der Waals surface area contributed by atoms with Gasteiger partial charge in [0.05, 0.1) is 30.7 Å². The Morgan fingerprint density at radius 2 is 2.07 bits per heavy atom. The van der Waals surface area contributed by atoms with Crippen molar-refractivity contribution in [3.63, 3.8) is 0 Å². The van der Waals surface area contributed by atoms with Crippen molar-refractivity contribution in [3.8, 4) is 5.69 Å². The lowest BCUT2D eigenvalue weighted by Crippen LogP contribution is -2.33. The summed E-state index contributed by atoms with van der Waals surface area (Å²) in [5.41, 5.74) is 12.5. The van der Waals surface area contributed by atoms with Gasteiger partial charge in [-0.25, -0.2) is 4.98 Å². The van der Waals surface area contributed by atoms with Gasteiger partial charge in [0.2, 0.25) is 5.95 Å². The molecule has 0 spiro atoms. The van der Waals surface area contributed by atoms with Crippen LogP contribution in [0.4, 0.5) is 17.5 Å². The molecule has 27 heavy (non-hydrogen) atoms. The largest absolute Gasteiger partial charge is 0.394 e. The van der Waals surface area contributed by atoms with E-state index >= 15 is 0 Å². The van der Waals surface area contributed by atoms with Crippen molar-refractivity contribution in [2.45, 2.75) is 6.04 Å². The zero-order chi connectivity index (χ0) is 19.2. The van der Waals surface area contributed by atoms with Crippen LogP contribution in [0.1, 0.15) is 10.4 Å². The number of nitrogens with two attached hydrogens (primary N) is 2. The molecule has 140 valence electrons. The topological polar surface area (TPSA) is 170 Å². The number of primary amides is 1. The maximum absolute atomic E-state index is 11.7. The van der Waals surface area contributed by atoms with E-state index in [1.54, 1.807) is 24.5 Å². The number of aliphatic hydroxyl groups excluding tert-OH is 1. The van der Waals surface area contributed by atoms with Crippen molar-refractivity contribution < 1.29 is 9.90 Å². The van der Waals surface area contributed by atoms with Crippen molar-refractivity contribution in [1.82, 2.24) is 25.0 Å². The molecule has 0 aliphatic carbocycles. The molecule has 3 rings (SSSR count). The van der Waals surface area contributed by atoms with Gasteiger partial charge in [-0.1, -0.05) is 6.07 Å². The Balaban J connectivity index is 1.90. The van der Waals surface area contributed by atoms with Gasteiger partial charge in [-0.2, -0.15) is 20.0 Å². The van der Waals surface area contributed by atoms with Crippen LogP contribution in [0.15, 0.2) is 42.9 Å². The molecule has 0 bridgehead atoms. The summed E-state index contributed by atoms with van der Waals surface area (Å²) in [6, 6.07) is 6.81. The molecular formula is C16H19N9O2. The van der Waals surface area contributed by atoms with Gasteiger partial charge >= 0.3 is 0 Å². The second-order valence-electron chi connectivity index (χ2n) is 5.57. The maximum atomic E-state index is 11.7. The van der Waals surface area contributed by atoms with Crippen molar-refractivity contribution >= 4 is 23.4 Å². The Kier molecular flexibility index (Phi) is 5.54. The highest BCUT2D eigenvalue weighted by Crippen LogP contribution is 2.21. The van der Waals surface area contributed by atoms with E-state index in [0.29, 0.717) is 5.69 Å². The first-order valence-corrected chi connectivity index (χ1v) is 8.08. The van der Waals surface area contributed by atoms with Gasteiger partial charge in [0, 0.05) is 18.4 Å². The highest BCUT2D eigenvalue weighted by atomic mass is 16.3. The summed E-state index contributed by atoms with van der Waals surface area (Å²) in [5.74, 6) is -0.248. The van der Waals surface area contributed by atoms with Crippen LogP contribution in [-0.2, 0) is 0 Å². The molecule has 7 N–H and O–H groups in total. The molecule has 2 aromatic heterocycles. The van der Waals surface area contributed by atoms with Gasteiger partial charge in [-0.3, -0.25) is 4.79 Å². The molecule has 0 saturated carbocycles. The van der Waals surface area contributed by atoms with E-state index in [-0.39, 0.29) is 30.5 Å². The van der Waals surface area contributed by atoms with Crippen LogP contribution in [-0.4, -0.2) is 55.2 Å². The number of hydrogen-bond donors (Lipinski definition) is 5. The number of aromatic nitrogens is 5. The molecule has 2 heterocycles. The molecule has 0 aliphatic rings. The number of nitrogens with zero attached hydrogens (tertiary/aromatic N) is 5. The third kappa shape index (κ3) is 4.34. The zero-order valence-electron chi connectivity index (χ0n) is 14.3. The van der Waals surface area contributed by atoms with Crippen molar-refractivity contribution in [2.24, 2.45) is 11.5 Å². The second-order valence-corrected chi connectivity index (χ2v) is 5.57. The molecule has 0 radical (unpaired) electrons. The molecule has 11 nitrogen and oxygen atoms in total. The highest BCUT2D eigenvalue weighted by molar-refractivity contribution is 5.98. The molecule has 1 aromatic carbocycles. The average molecular weight is 369 g/mol. The molecule has 1 unspecified atom stereocenters. The first-order valence-electron chi connectivity index (χ1n) is 8.08. The number of rotatable bonds is 8. The number of nitrogens with one attached hydrogen (secondary N) is 2. The van der Waals surface area contributed by atoms with Gasteiger partial charge in [0.15, 0.2) is 0 Å². The SMILES string of the molecule is NCC(CO)Nc1ncc(C(N)=O)c(Nc2cccc(-n3nccn3)c2)n1. The first-order chi connectivity index (χ1) is 13.1. The Labute approximate surface area is 154 Å². The lowest BCUT2D eigenvalue weighted by atomic mass is 10.2. The summed E-state index contributed by atoms with van der Waals surface area (Å²) < 4.78 is 0. The molecule has 1 amide bonds.